The van der Waals surface area contributed by atoms with Gasteiger partial charge in [0.25, 0.3) is 0 Å². The highest BCUT2D eigenvalue weighted by Gasteiger charge is 2.39. The quantitative estimate of drug-likeness (QED) is 0.809. The summed E-state index contributed by atoms with van der Waals surface area (Å²) in [5, 5.41) is 1.38. The number of halogens is 2. The van der Waals surface area contributed by atoms with Crippen LogP contribution in [0.1, 0.15) is 17.3 Å². The smallest absolute Gasteiger partial charge is 0.174 e. The fourth-order valence-corrected chi connectivity index (χ4v) is 2.56. The molecule has 0 spiro atoms. The van der Waals surface area contributed by atoms with Gasteiger partial charge >= 0.3 is 0 Å². The molecular weight excluding hydrogens is 269 g/mol. The number of carbonyl (C=O) groups is 1. The van der Waals surface area contributed by atoms with E-state index in [4.69, 9.17) is 16.3 Å². The third-order valence-electron chi connectivity index (χ3n) is 3.40. The first kappa shape index (κ1) is 12.6. The summed E-state index contributed by atoms with van der Waals surface area (Å²) < 4.78 is 20.8. The van der Waals surface area contributed by atoms with Gasteiger partial charge in [0.05, 0.1) is 25.3 Å². The molecule has 1 aromatic carbocycles. The highest BCUT2D eigenvalue weighted by Crippen LogP contribution is 2.30. The van der Waals surface area contributed by atoms with Crippen molar-refractivity contribution in [2.75, 3.05) is 13.2 Å². The Bertz CT molecular complexity index is 661. The van der Waals surface area contributed by atoms with Gasteiger partial charge in [0.15, 0.2) is 11.5 Å². The van der Waals surface area contributed by atoms with E-state index in [1.165, 1.54) is 6.92 Å². The van der Waals surface area contributed by atoms with Gasteiger partial charge in [-0.2, -0.15) is 0 Å². The SMILES string of the molecule is CC(=O)c1cn(CC2(F)COC2)c2cc(Cl)ccc12. The molecule has 0 aliphatic carbocycles. The lowest BCUT2D eigenvalue weighted by Crippen LogP contribution is -2.48. The number of alkyl halides is 1. The molecule has 3 rings (SSSR count). The average molecular weight is 282 g/mol. The van der Waals surface area contributed by atoms with Crippen molar-refractivity contribution in [2.45, 2.75) is 19.1 Å². The van der Waals surface area contributed by atoms with Crippen LogP contribution in [0.5, 0.6) is 0 Å². The molecule has 0 amide bonds. The molecule has 100 valence electrons. The number of aromatic nitrogens is 1. The Balaban J connectivity index is 2.12. The molecule has 1 saturated heterocycles. The fourth-order valence-electron chi connectivity index (χ4n) is 2.40. The number of hydrogen-bond donors (Lipinski definition) is 0. The van der Waals surface area contributed by atoms with Crippen LogP contribution in [0.25, 0.3) is 10.9 Å². The first-order chi connectivity index (χ1) is 8.98. The summed E-state index contributed by atoms with van der Waals surface area (Å²) in [6.45, 7) is 1.88. The van der Waals surface area contributed by atoms with E-state index in [2.05, 4.69) is 0 Å². The lowest BCUT2D eigenvalue weighted by molar-refractivity contribution is -0.136. The molecule has 1 aromatic heterocycles. The lowest BCUT2D eigenvalue weighted by atomic mass is 10.1. The van der Waals surface area contributed by atoms with E-state index in [1.54, 1.807) is 29.0 Å². The number of carbonyl (C=O) groups excluding carboxylic acids is 1. The first-order valence-electron chi connectivity index (χ1n) is 6.04. The lowest BCUT2D eigenvalue weighted by Gasteiger charge is -2.34. The number of benzene rings is 1. The van der Waals surface area contributed by atoms with Gasteiger partial charge in [0.1, 0.15) is 0 Å². The molecule has 1 fully saturated rings. The van der Waals surface area contributed by atoms with Crippen LogP contribution in [0.4, 0.5) is 4.39 Å². The second-order valence-electron chi connectivity index (χ2n) is 5.03. The minimum absolute atomic E-state index is 0.0381. The van der Waals surface area contributed by atoms with Gasteiger partial charge in [-0.3, -0.25) is 4.79 Å². The van der Waals surface area contributed by atoms with Gasteiger partial charge in [0.2, 0.25) is 0 Å². The van der Waals surface area contributed by atoms with Crippen molar-refractivity contribution < 1.29 is 13.9 Å². The number of fused-ring (bicyclic) bond motifs is 1. The van der Waals surface area contributed by atoms with Crippen molar-refractivity contribution >= 4 is 28.3 Å². The third-order valence-corrected chi connectivity index (χ3v) is 3.63. The predicted molar refractivity (Wildman–Crippen MR) is 71.6 cm³/mol. The van der Waals surface area contributed by atoms with Gasteiger partial charge in [-0.1, -0.05) is 17.7 Å². The van der Waals surface area contributed by atoms with Gasteiger partial charge < -0.3 is 9.30 Å². The Morgan fingerprint density at radius 2 is 2.26 bits per heavy atom. The maximum absolute atomic E-state index is 14.2. The Hall–Kier alpha value is -1.39. The van der Waals surface area contributed by atoms with E-state index in [1.807, 2.05) is 0 Å². The summed E-state index contributed by atoms with van der Waals surface area (Å²) in [6.07, 6.45) is 1.70. The predicted octanol–water partition coefficient (Wildman–Crippen LogP) is 3.24. The van der Waals surface area contributed by atoms with Crippen molar-refractivity contribution in [1.29, 1.82) is 0 Å². The van der Waals surface area contributed by atoms with Crippen LogP contribution in [0, 0.1) is 0 Å². The Kier molecular flexibility index (Phi) is 2.87. The largest absolute Gasteiger partial charge is 0.374 e. The number of rotatable bonds is 3. The highest BCUT2D eigenvalue weighted by atomic mass is 35.5. The van der Waals surface area contributed by atoms with Gasteiger partial charge in [-0.25, -0.2) is 4.39 Å². The maximum Gasteiger partial charge on any atom is 0.174 e. The molecule has 0 saturated carbocycles. The normalized spacial score (nSPS) is 17.4. The average Bonchev–Trinajstić information content (AvgIpc) is 2.66. The van der Waals surface area contributed by atoms with Crippen molar-refractivity contribution in [2.24, 2.45) is 0 Å². The Morgan fingerprint density at radius 3 is 2.84 bits per heavy atom. The molecule has 1 aliphatic heterocycles. The van der Waals surface area contributed by atoms with Crippen LogP contribution in [0.3, 0.4) is 0 Å². The number of ketones is 1. The maximum atomic E-state index is 14.2. The van der Waals surface area contributed by atoms with Crippen molar-refractivity contribution in [3.8, 4) is 0 Å². The number of nitrogens with zero attached hydrogens (tertiary/aromatic N) is 1. The van der Waals surface area contributed by atoms with Gasteiger partial charge in [-0.05, 0) is 19.1 Å². The van der Waals surface area contributed by atoms with E-state index in [9.17, 15) is 9.18 Å². The van der Waals surface area contributed by atoms with Crippen molar-refractivity contribution in [3.63, 3.8) is 0 Å². The topological polar surface area (TPSA) is 31.2 Å². The number of ether oxygens (including phenoxy) is 1. The molecular formula is C14H13ClFNO2. The van der Waals surface area contributed by atoms with E-state index in [0.717, 1.165) is 10.9 Å². The summed E-state index contributed by atoms with van der Waals surface area (Å²) in [5.74, 6) is -0.0381. The molecule has 2 heterocycles. The zero-order chi connectivity index (χ0) is 13.6. The summed E-state index contributed by atoms with van der Waals surface area (Å²) in [5.41, 5.74) is 0.0274. The van der Waals surface area contributed by atoms with Gasteiger partial charge in [0, 0.05) is 22.2 Å². The van der Waals surface area contributed by atoms with Crippen LogP contribution < -0.4 is 0 Å². The Morgan fingerprint density at radius 1 is 1.53 bits per heavy atom. The highest BCUT2D eigenvalue weighted by molar-refractivity contribution is 6.31. The van der Waals surface area contributed by atoms with Crippen molar-refractivity contribution in [3.05, 3.63) is 35.0 Å². The molecule has 19 heavy (non-hydrogen) atoms. The van der Waals surface area contributed by atoms with Gasteiger partial charge in [-0.15, -0.1) is 0 Å². The summed E-state index contributed by atoms with van der Waals surface area (Å²) in [6, 6.07) is 5.29. The summed E-state index contributed by atoms with van der Waals surface area (Å²) in [4.78, 5) is 11.6. The molecule has 5 heteroatoms. The second kappa shape index (κ2) is 4.32. The van der Waals surface area contributed by atoms with E-state index < -0.39 is 5.67 Å². The van der Waals surface area contributed by atoms with E-state index >= 15 is 0 Å². The number of hydrogen-bond acceptors (Lipinski definition) is 2. The zero-order valence-corrected chi connectivity index (χ0v) is 11.2. The second-order valence-corrected chi connectivity index (χ2v) is 5.47. The molecule has 0 unspecified atom stereocenters. The zero-order valence-electron chi connectivity index (χ0n) is 10.5. The monoisotopic (exact) mass is 281 g/mol. The molecule has 0 atom stereocenters. The summed E-state index contributed by atoms with van der Waals surface area (Å²) in [7, 11) is 0. The van der Waals surface area contributed by atoms with Crippen molar-refractivity contribution in [1.82, 2.24) is 4.57 Å². The van der Waals surface area contributed by atoms with Crippen LogP contribution in [-0.4, -0.2) is 29.2 Å². The Labute approximate surface area is 114 Å². The molecule has 0 N–H and O–H groups in total. The first-order valence-corrected chi connectivity index (χ1v) is 6.42. The molecule has 0 radical (unpaired) electrons. The minimum Gasteiger partial charge on any atom is -0.374 e. The standard InChI is InChI=1S/C14H13ClFNO2/c1-9(18)12-5-17(6-14(16)7-19-8-14)13-4-10(15)2-3-11(12)13/h2-5H,6-8H2,1H3. The molecule has 2 aromatic rings. The van der Waals surface area contributed by atoms with E-state index in [0.29, 0.717) is 10.6 Å². The van der Waals surface area contributed by atoms with Crippen LogP contribution in [-0.2, 0) is 11.3 Å². The van der Waals surface area contributed by atoms with E-state index in [-0.39, 0.29) is 25.5 Å². The van der Waals surface area contributed by atoms with Crippen LogP contribution in [0.2, 0.25) is 5.02 Å². The number of Topliss-reactive ketones (excluding diaryl/α,β-unsaturated/α-hetero) is 1. The molecule has 3 nitrogen and oxygen atoms in total. The fraction of sp³-hybridized carbons (Fsp3) is 0.357. The third kappa shape index (κ3) is 2.15. The summed E-state index contributed by atoms with van der Waals surface area (Å²) >= 11 is 5.98. The molecule has 0 bridgehead atoms. The molecule has 1 aliphatic rings. The minimum atomic E-state index is -1.34. The van der Waals surface area contributed by atoms with Crippen LogP contribution in [0.15, 0.2) is 24.4 Å². The van der Waals surface area contributed by atoms with Crippen LogP contribution >= 0.6 is 11.6 Å².